The predicted molar refractivity (Wildman–Crippen MR) is 259 cm³/mol. The zero-order valence-electron chi connectivity index (χ0n) is 42.4. The van der Waals surface area contributed by atoms with Crippen molar-refractivity contribution in [3.8, 4) is 23.0 Å². The van der Waals surface area contributed by atoms with Gasteiger partial charge in [0.1, 0.15) is 0 Å². The van der Waals surface area contributed by atoms with Gasteiger partial charge in [0, 0.05) is 63.8 Å². The summed E-state index contributed by atoms with van der Waals surface area (Å²) >= 11 is 0. The Morgan fingerprint density at radius 2 is 1.00 bits per heavy atom. The molecule has 0 bridgehead atoms. The van der Waals surface area contributed by atoms with Crippen LogP contribution in [0.25, 0.3) is 21.8 Å². The Balaban J connectivity index is 0.000000234. The molecular weight excluding hydrogens is 982 g/mol. The maximum Gasteiger partial charge on any atom is 1.00 e. The molecule has 10 rings (SSSR count). The van der Waals surface area contributed by atoms with Gasteiger partial charge in [-0.15, -0.1) is 17.6 Å². The molecule has 4 heterocycles. The molecule has 1 atom stereocenters. The summed E-state index contributed by atoms with van der Waals surface area (Å²) in [5.74, 6) is -4.61. The largest absolute Gasteiger partial charge is 1.00 e. The monoisotopic (exact) mass is 1030 g/mol. The normalized spacial score (nSPS) is 17.2. The van der Waals surface area contributed by atoms with E-state index in [1.54, 1.807) is 57.7 Å². The number of ether oxygens (including phenoxy) is 4. The second kappa shape index (κ2) is 19.3. The number of aromatic nitrogens is 2. The minimum atomic E-state index is -3.73. The van der Waals surface area contributed by atoms with Crippen molar-refractivity contribution in [1.82, 2.24) is 9.13 Å². The van der Waals surface area contributed by atoms with Gasteiger partial charge in [0.25, 0.3) is 5.78 Å². The Morgan fingerprint density at radius 1 is 0.608 bits per heavy atom. The van der Waals surface area contributed by atoms with Crippen LogP contribution in [0.5, 0.6) is 23.0 Å². The van der Waals surface area contributed by atoms with E-state index in [0.717, 1.165) is 27.7 Å². The summed E-state index contributed by atoms with van der Waals surface area (Å²) in [6.45, 7) is 11.5. The second-order valence-electron chi connectivity index (χ2n) is 20.6. The van der Waals surface area contributed by atoms with Crippen molar-refractivity contribution in [2.45, 2.75) is 121 Å². The fraction of sp³-hybridized carbons (Fsp3) is 0.365. The molecule has 16 nitrogen and oxygen atoms in total. The summed E-state index contributed by atoms with van der Waals surface area (Å²) < 4.78 is 75.0. The number of ketones is 1. The van der Waals surface area contributed by atoms with Gasteiger partial charge in [-0.2, -0.15) is 0 Å². The molecule has 6 aromatic rings. The predicted octanol–water partition coefficient (Wildman–Crippen LogP) is 5.70. The number of benzene rings is 4. The van der Waals surface area contributed by atoms with E-state index in [1.165, 1.54) is 24.3 Å². The fourth-order valence-corrected chi connectivity index (χ4v) is 9.31. The summed E-state index contributed by atoms with van der Waals surface area (Å²) in [6, 6.07) is 23.1. The number of carbonyl (C=O) groups excluding carboxylic acids is 3. The van der Waals surface area contributed by atoms with Crippen LogP contribution >= 0.6 is 0 Å². The number of nitrogens with zero attached hydrogens (tertiary/aromatic N) is 2. The van der Waals surface area contributed by atoms with E-state index in [2.05, 4.69) is 29.6 Å². The Morgan fingerprint density at radius 3 is 1.38 bits per heavy atom. The van der Waals surface area contributed by atoms with Crippen LogP contribution in [0.2, 0.25) is 0 Å². The number of halogens is 4. The number of aliphatic carboxylic acids is 2. The number of Topliss-reactive ketones (excluding diaryl/α,β-unsaturated/α-hetero) is 1. The third-order valence-corrected chi connectivity index (χ3v) is 13.3. The summed E-state index contributed by atoms with van der Waals surface area (Å²) in [5, 5.41) is 35.6. The Kier molecular flexibility index (Phi) is 14.4. The number of nitrogens with one attached hydrogen (secondary N) is 2. The molecule has 0 spiro atoms. The smallest absolute Gasteiger partial charge is 1.00 e. The number of alkyl halides is 4. The van der Waals surface area contributed by atoms with Crippen molar-refractivity contribution < 1.29 is 107 Å². The molecule has 2 saturated carbocycles. The van der Waals surface area contributed by atoms with Crippen molar-refractivity contribution in [1.29, 1.82) is 0 Å². The molecule has 74 heavy (non-hydrogen) atoms. The number of hydrogen-bond acceptors (Lipinski definition) is 10. The first-order valence-electron chi connectivity index (χ1n) is 23.0. The van der Waals surface area contributed by atoms with Crippen molar-refractivity contribution in [2.75, 3.05) is 10.6 Å². The molecule has 2 aliphatic heterocycles. The summed E-state index contributed by atoms with van der Waals surface area (Å²) in [4.78, 5) is 60.9. The topological polar surface area (TPSA) is 217 Å². The number of carboxylic acids is 2. The second-order valence-corrected chi connectivity index (χ2v) is 20.6. The van der Waals surface area contributed by atoms with Crippen LogP contribution in [0, 0.1) is 0 Å². The minimum Gasteiger partial charge on any atom is -1.00 e. The molecule has 2 amide bonds. The summed E-state index contributed by atoms with van der Waals surface area (Å²) in [7, 11) is 0. The zero-order chi connectivity index (χ0) is 52.1. The van der Waals surface area contributed by atoms with Crippen molar-refractivity contribution in [3.63, 3.8) is 0 Å². The first kappa shape index (κ1) is 55.2. The van der Waals surface area contributed by atoms with Crippen molar-refractivity contribution >= 4 is 71.1 Å². The third-order valence-electron chi connectivity index (χ3n) is 13.3. The van der Waals surface area contributed by atoms with Crippen LogP contribution in [-0.4, -0.2) is 81.1 Å². The molecule has 383 valence electrons. The maximum absolute atomic E-state index is 13.4. The maximum atomic E-state index is 13.4. The Hall–Kier alpha value is -6.55. The standard InChI is InChI=1S/C26H26F2N2O6.C26H24F2N2O6.B.Na.H/c2*1-24(2,3)21-11-14-10-16(5-6-17(14)30(21)13-18(31)22(32)33)29-23(34)25(8-9-25)15-4-7-19-20(12-15)36-26(27,28)35-19;;;/h4-7,10-12,18,31H,8-9,13H2,1-3H3,(H,29,34)(H,32,33);4-7,10-12H,8-9,13H2,1-3H3,(H,29,34)(H,32,33);;;/q;;;+1;-1. The molecule has 0 saturated heterocycles. The number of rotatable bonds is 12. The average molecular weight is 1030 g/mol. The average Bonchev–Trinajstić information content (AvgIpc) is 4.14. The van der Waals surface area contributed by atoms with Crippen LogP contribution in [0.4, 0.5) is 28.9 Å². The first-order valence-corrected chi connectivity index (χ1v) is 23.0. The Bertz CT molecular complexity index is 3270. The SMILES string of the molecule is CC(C)(C)c1cc2cc(NC(=O)C3(c4ccc5c(c4)OC(F)(F)O5)CC3)ccc2n1CC(=O)C(=O)O.CC(C)(C)c1cc2cc(NC(=O)C3(c4ccc5c(c4)OC(F)(F)O5)CC3)ccc2n1CC(O)C(=O)O.[B].[H-].[Na+]. The number of carbonyl (C=O) groups is 5. The minimum absolute atomic E-state index is 0. The summed E-state index contributed by atoms with van der Waals surface area (Å²) in [6.07, 6.45) is -6.77. The summed E-state index contributed by atoms with van der Waals surface area (Å²) in [5.41, 5.74) is 2.84. The van der Waals surface area contributed by atoms with Gasteiger partial charge in [0.2, 0.25) is 11.8 Å². The van der Waals surface area contributed by atoms with Crippen LogP contribution in [0.15, 0.2) is 84.9 Å². The van der Waals surface area contributed by atoms with Gasteiger partial charge in [0.05, 0.1) is 23.9 Å². The van der Waals surface area contributed by atoms with Crippen molar-refractivity contribution in [3.05, 3.63) is 107 Å². The van der Waals surface area contributed by atoms with Gasteiger partial charge >= 0.3 is 54.1 Å². The van der Waals surface area contributed by atoms with Gasteiger partial charge in [0.15, 0.2) is 29.1 Å². The molecular formula is C52H51BF4N4NaO12. The number of carboxylic acid groups (broad SMARTS) is 2. The molecule has 5 N–H and O–H groups in total. The van der Waals surface area contributed by atoms with Gasteiger partial charge < -0.3 is 55.5 Å². The molecule has 2 aromatic heterocycles. The van der Waals surface area contributed by atoms with Gasteiger partial charge in [-0.05, 0) is 110 Å². The van der Waals surface area contributed by atoms with E-state index in [4.69, 9.17) is 5.11 Å². The fourth-order valence-electron chi connectivity index (χ4n) is 9.31. The Labute approximate surface area is 446 Å². The van der Waals surface area contributed by atoms with E-state index >= 15 is 0 Å². The number of aliphatic hydroxyl groups is 1. The van der Waals surface area contributed by atoms with Crippen LogP contribution < -0.4 is 59.1 Å². The van der Waals surface area contributed by atoms with Gasteiger partial charge in [-0.25, -0.2) is 9.59 Å². The molecule has 2 aliphatic carbocycles. The van der Waals surface area contributed by atoms with Crippen LogP contribution in [-0.2, 0) is 58.7 Å². The number of hydrogen-bond donors (Lipinski definition) is 5. The van der Waals surface area contributed by atoms with E-state index in [9.17, 15) is 51.7 Å². The number of fused-ring (bicyclic) bond motifs is 4. The molecule has 3 radical (unpaired) electrons. The van der Waals surface area contributed by atoms with Gasteiger partial charge in [-0.3, -0.25) is 14.4 Å². The molecule has 1 unspecified atom stereocenters. The number of aliphatic hydroxyl groups excluding tert-OH is 1. The van der Waals surface area contributed by atoms with E-state index in [-0.39, 0.29) is 98.1 Å². The first-order chi connectivity index (χ1) is 33.6. The van der Waals surface area contributed by atoms with E-state index in [1.807, 2.05) is 53.7 Å². The number of amides is 2. The van der Waals surface area contributed by atoms with E-state index < -0.39 is 47.2 Å². The molecule has 4 aliphatic rings. The number of anilines is 2. The van der Waals surface area contributed by atoms with Gasteiger partial charge in [-0.1, -0.05) is 53.7 Å². The molecule has 22 heteroatoms. The zero-order valence-corrected chi connectivity index (χ0v) is 43.4. The quantitative estimate of drug-likeness (QED) is 0.0568. The third kappa shape index (κ3) is 10.7. The van der Waals surface area contributed by atoms with Crippen molar-refractivity contribution in [2.24, 2.45) is 0 Å². The van der Waals surface area contributed by atoms with E-state index in [0.29, 0.717) is 53.7 Å². The van der Waals surface area contributed by atoms with Crippen LogP contribution in [0.3, 0.4) is 0 Å². The molecule has 4 aromatic carbocycles. The van der Waals surface area contributed by atoms with Crippen LogP contribution in [0.1, 0.15) is 91.2 Å². The molecule has 2 fully saturated rings.